The summed E-state index contributed by atoms with van der Waals surface area (Å²) in [5, 5.41) is 0. The first-order valence-corrected chi connectivity index (χ1v) is 8.52. The highest BCUT2D eigenvalue weighted by Gasteiger charge is 2.22. The van der Waals surface area contributed by atoms with E-state index in [1.54, 1.807) is 0 Å². The maximum atomic E-state index is 5.98. The highest BCUT2D eigenvalue weighted by atomic mass is 16.5. The molecular formula is C21H26N2O. The monoisotopic (exact) mass is 322 g/mol. The van der Waals surface area contributed by atoms with Gasteiger partial charge in [0.1, 0.15) is 18.2 Å². The molecule has 0 bridgehead atoms. The lowest BCUT2D eigenvalue weighted by Gasteiger charge is -2.20. The van der Waals surface area contributed by atoms with Crippen molar-refractivity contribution in [2.24, 2.45) is 0 Å². The Kier molecular flexibility index (Phi) is 4.35. The van der Waals surface area contributed by atoms with Crippen molar-refractivity contribution in [2.75, 3.05) is 6.61 Å². The van der Waals surface area contributed by atoms with Gasteiger partial charge >= 0.3 is 0 Å². The molecule has 126 valence electrons. The van der Waals surface area contributed by atoms with Crippen LogP contribution >= 0.6 is 0 Å². The molecule has 0 amide bonds. The number of aryl methyl sites for hydroxylation is 2. The van der Waals surface area contributed by atoms with Crippen LogP contribution in [0.1, 0.15) is 37.7 Å². The van der Waals surface area contributed by atoms with E-state index in [-0.39, 0.29) is 5.41 Å². The molecule has 0 saturated heterocycles. The molecule has 0 saturated carbocycles. The molecule has 1 aromatic heterocycles. The van der Waals surface area contributed by atoms with Crippen LogP contribution in [0.4, 0.5) is 0 Å². The van der Waals surface area contributed by atoms with E-state index >= 15 is 0 Å². The van der Waals surface area contributed by atoms with Crippen LogP contribution in [0, 0.1) is 13.8 Å². The van der Waals surface area contributed by atoms with Gasteiger partial charge in [-0.1, -0.05) is 39.0 Å². The van der Waals surface area contributed by atoms with Gasteiger partial charge in [-0.3, -0.25) is 0 Å². The van der Waals surface area contributed by atoms with Crippen molar-refractivity contribution in [1.82, 2.24) is 9.55 Å². The van der Waals surface area contributed by atoms with Crippen LogP contribution in [-0.2, 0) is 12.0 Å². The zero-order chi connectivity index (χ0) is 17.3. The number of hydrogen-bond acceptors (Lipinski definition) is 2. The van der Waals surface area contributed by atoms with Gasteiger partial charge < -0.3 is 9.30 Å². The van der Waals surface area contributed by atoms with Gasteiger partial charge in [-0.2, -0.15) is 0 Å². The molecule has 0 atom stereocenters. The highest BCUT2D eigenvalue weighted by molar-refractivity contribution is 5.76. The topological polar surface area (TPSA) is 27.1 Å². The summed E-state index contributed by atoms with van der Waals surface area (Å²) < 4.78 is 8.27. The molecule has 0 radical (unpaired) electrons. The van der Waals surface area contributed by atoms with E-state index in [0.717, 1.165) is 23.6 Å². The summed E-state index contributed by atoms with van der Waals surface area (Å²) in [6.45, 7) is 12.3. The molecular weight excluding hydrogens is 296 g/mol. The molecule has 0 aliphatic rings. The summed E-state index contributed by atoms with van der Waals surface area (Å²) in [6.07, 6.45) is 0. The van der Waals surface area contributed by atoms with E-state index in [9.17, 15) is 0 Å². The minimum absolute atomic E-state index is 0.000529. The van der Waals surface area contributed by atoms with Crippen LogP contribution in [-0.4, -0.2) is 16.2 Å². The van der Waals surface area contributed by atoms with Gasteiger partial charge in [0.15, 0.2) is 0 Å². The zero-order valence-corrected chi connectivity index (χ0v) is 15.3. The summed E-state index contributed by atoms with van der Waals surface area (Å²) in [4.78, 5) is 4.84. The third-order valence-corrected chi connectivity index (χ3v) is 4.39. The predicted molar refractivity (Wildman–Crippen MR) is 99.8 cm³/mol. The average Bonchev–Trinajstić information content (AvgIpc) is 2.90. The van der Waals surface area contributed by atoms with Crippen LogP contribution in [0.25, 0.3) is 11.0 Å². The Morgan fingerprint density at radius 2 is 1.75 bits per heavy atom. The lowest BCUT2D eigenvalue weighted by molar-refractivity contribution is 0.294. The van der Waals surface area contributed by atoms with Crippen LogP contribution in [0.15, 0.2) is 42.5 Å². The molecule has 2 aromatic carbocycles. The van der Waals surface area contributed by atoms with E-state index in [1.165, 1.54) is 16.6 Å². The minimum atomic E-state index is -0.000529. The van der Waals surface area contributed by atoms with E-state index in [4.69, 9.17) is 9.72 Å². The number of hydrogen-bond donors (Lipinski definition) is 0. The quantitative estimate of drug-likeness (QED) is 0.673. The van der Waals surface area contributed by atoms with Gasteiger partial charge in [0.2, 0.25) is 0 Å². The fraction of sp³-hybridized carbons (Fsp3) is 0.381. The van der Waals surface area contributed by atoms with Crippen molar-refractivity contribution in [3.05, 3.63) is 59.4 Å². The van der Waals surface area contributed by atoms with Crippen LogP contribution in [0.5, 0.6) is 5.75 Å². The summed E-state index contributed by atoms with van der Waals surface area (Å²) in [7, 11) is 0. The Bertz CT molecular complexity index is 856. The van der Waals surface area contributed by atoms with Gasteiger partial charge in [0.25, 0.3) is 0 Å². The van der Waals surface area contributed by atoms with Gasteiger partial charge in [-0.15, -0.1) is 0 Å². The van der Waals surface area contributed by atoms with E-state index in [2.05, 4.69) is 69.5 Å². The van der Waals surface area contributed by atoms with Gasteiger partial charge in [-0.05, 0) is 49.2 Å². The molecule has 3 heteroatoms. The fourth-order valence-corrected chi connectivity index (χ4v) is 2.93. The first-order chi connectivity index (χ1) is 11.4. The third-order valence-electron chi connectivity index (χ3n) is 4.39. The molecule has 3 nitrogen and oxygen atoms in total. The summed E-state index contributed by atoms with van der Waals surface area (Å²) in [6, 6.07) is 14.6. The van der Waals surface area contributed by atoms with Crippen molar-refractivity contribution in [2.45, 2.75) is 46.6 Å². The Balaban J connectivity index is 1.82. The number of benzene rings is 2. The number of imidazole rings is 1. The molecule has 1 heterocycles. The first kappa shape index (κ1) is 16.6. The van der Waals surface area contributed by atoms with Gasteiger partial charge in [0.05, 0.1) is 17.6 Å². The Morgan fingerprint density at radius 3 is 2.46 bits per heavy atom. The average molecular weight is 322 g/mol. The molecule has 0 unspecified atom stereocenters. The highest BCUT2D eigenvalue weighted by Crippen LogP contribution is 2.26. The normalized spacial score (nSPS) is 11.9. The number of para-hydroxylation sites is 2. The Hall–Kier alpha value is -2.29. The number of rotatable bonds is 4. The van der Waals surface area contributed by atoms with E-state index in [1.807, 2.05) is 12.1 Å². The van der Waals surface area contributed by atoms with Crippen molar-refractivity contribution >= 4 is 11.0 Å². The lowest BCUT2D eigenvalue weighted by Crippen LogP contribution is -2.21. The molecule has 0 spiro atoms. The van der Waals surface area contributed by atoms with E-state index < -0.39 is 0 Å². The number of aromatic nitrogens is 2. The largest absolute Gasteiger partial charge is 0.492 e. The summed E-state index contributed by atoms with van der Waals surface area (Å²) in [5.74, 6) is 2.03. The smallest absolute Gasteiger partial charge is 0.119 e. The first-order valence-electron chi connectivity index (χ1n) is 8.52. The second-order valence-electron chi connectivity index (χ2n) is 7.42. The minimum Gasteiger partial charge on any atom is -0.492 e. The van der Waals surface area contributed by atoms with Gasteiger partial charge in [-0.25, -0.2) is 4.98 Å². The lowest BCUT2D eigenvalue weighted by atomic mass is 9.95. The molecule has 0 N–H and O–H groups in total. The molecule has 0 aliphatic heterocycles. The second-order valence-corrected chi connectivity index (χ2v) is 7.42. The molecule has 24 heavy (non-hydrogen) atoms. The Morgan fingerprint density at radius 1 is 1.00 bits per heavy atom. The maximum absolute atomic E-state index is 5.98. The number of fused-ring (bicyclic) bond motifs is 1. The molecule has 3 aromatic rings. The van der Waals surface area contributed by atoms with Crippen LogP contribution in [0.2, 0.25) is 0 Å². The maximum Gasteiger partial charge on any atom is 0.119 e. The zero-order valence-electron chi connectivity index (χ0n) is 15.3. The van der Waals surface area contributed by atoms with Crippen molar-refractivity contribution in [3.8, 4) is 5.75 Å². The number of ether oxygens (including phenoxy) is 1. The van der Waals surface area contributed by atoms with Crippen molar-refractivity contribution < 1.29 is 4.74 Å². The van der Waals surface area contributed by atoms with Crippen molar-refractivity contribution in [1.29, 1.82) is 0 Å². The summed E-state index contributed by atoms with van der Waals surface area (Å²) >= 11 is 0. The van der Waals surface area contributed by atoms with Crippen LogP contribution < -0.4 is 4.74 Å². The standard InChI is InChI=1S/C21H26N2O/c1-15-10-11-17(14-16(15)2)24-13-12-23-19-9-7-6-8-18(19)22-20(23)21(3,4)5/h6-11,14H,12-13H2,1-5H3. The molecule has 0 fully saturated rings. The van der Waals surface area contributed by atoms with Gasteiger partial charge in [0, 0.05) is 5.41 Å². The Labute approximate surface area is 144 Å². The SMILES string of the molecule is Cc1ccc(OCCn2c(C(C)(C)C)nc3ccccc32)cc1C. The van der Waals surface area contributed by atoms with E-state index in [0.29, 0.717) is 6.61 Å². The predicted octanol–water partition coefficient (Wildman–Crippen LogP) is 5.03. The van der Waals surface area contributed by atoms with Crippen LogP contribution in [0.3, 0.4) is 0 Å². The molecule has 3 rings (SSSR count). The third kappa shape index (κ3) is 3.30. The fourth-order valence-electron chi connectivity index (χ4n) is 2.93. The second kappa shape index (κ2) is 6.31. The number of nitrogens with zero attached hydrogens (tertiary/aromatic N) is 2. The van der Waals surface area contributed by atoms with Crippen molar-refractivity contribution in [3.63, 3.8) is 0 Å². The summed E-state index contributed by atoms with van der Waals surface area (Å²) in [5.41, 5.74) is 4.77. The molecule has 0 aliphatic carbocycles.